The third-order valence-corrected chi connectivity index (χ3v) is 2.18. The molecule has 0 unspecified atom stereocenters. The van der Waals surface area contributed by atoms with Crippen LogP contribution in [0.5, 0.6) is 0 Å². The maximum atomic E-state index is 13.3. The van der Waals surface area contributed by atoms with Gasteiger partial charge in [-0.1, -0.05) is 6.07 Å². The minimum Gasteiger partial charge on any atom is -0.307 e. The number of nitrogens with zero attached hydrogens (tertiary/aromatic N) is 1. The van der Waals surface area contributed by atoms with Crippen molar-refractivity contribution < 1.29 is 22.0 Å². The second-order valence-corrected chi connectivity index (χ2v) is 3.58. The summed E-state index contributed by atoms with van der Waals surface area (Å²) in [4.78, 5) is 0. The molecule has 0 atom stereocenters. The molecule has 0 aromatic heterocycles. The standard InChI is InChI=1S/C11H9F5N2/c12-9-3-7(4-17)1-2-8(9)5-18-6-11(15,16)10(13)14/h1-3,10,18H,5-6H2. The summed E-state index contributed by atoms with van der Waals surface area (Å²) < 4.78 is 62.0. The zero-order valence-corrected chi connectivity index (χ0v) is 9.06. The Labute approximate surface area is 100 Å². The fourth-order valence-corrected chi connectivity index (χ4v) is 1.20. The molecular formula is C11H9F5N2. The van der Waals surface area contributed by atoms with E-state index in [1.54, 1.807) is 6.07 Å². The first-order chi connectivity index (χ1) is 8.36. The lowest BCUT2D eigenvalue weighted by Crippen LogP contribution is -2.38. The van der Waals surface area contributed by atoms with Gasteiger partial charge in [0.2, 0.25) is 0 Å². The Morgan fingerprint density at radius 3 is 2.50 bits per heavy atom. The summed E-state index contributed by atoms with van der Waals surface area (Å²) in [6.07, 6.45) is -3.77. The van der Waals surface area contributed by atoms with E-state index in [0.717, 1.165) is 6.07 Å². The van der Waals surface area contributed by atoms with Crippen LogP contribution in [0.3, 0.4) is 0 Å². The summed E-state index contributed by atoms with van der Waals surface area (Å²) in [7, 11) is 0. The summed E-state index contributed by atoms with van der Waals surface area (Å²) in [5, 5.41) is 10.5. The van der Waals surface area contributed by atoms with E-state index in [9.17, 15) is 22.0 Å². The van der Waals surface area contributed by atoms with Crippen molar-refractivity contribution in [1.82, 2.24) is 5.32 Å². The van der Waals surface area contributed by atoms with Crippen LogP contribution in [0.2, 0.25) is 0 Å². The molecule has 0 heterocycles. The molecule has 7 heteroatoms. The number of nitriles is 1. The molecule has 1 N–H and O–H groups in total. The Hall–Kier alpha value is -1.68. The fourth-order valence-electron chi connectivity index (χ4n) is 1.20. The SMILES string of the molecule is N#Cc1ccc(CNCC(F)(F)C(F)F)c(F)c1. The molecule has 0 fully saturated rings. The van der Waals surface area contributed by atoms with E-state index >= 15 is 0 Å². The molecule has 0 bridgehead atoms. The van der Waals surface area contributed by atoms with Gasteiger partial charge in [0.1, 0.15) is 5.82 Å². The smallest absolute Gasteiger partial charge is 0.307 e. The van der Waals surface area contributed by atoms with Gasteiger partial charge in [0.15, 0.2) is 0 Å². The van der Waals surface area contributed by atoms with Gasteiger partial charge in [-0.15, -0.1) is 0 Å². The number of hydrogen-bond acceptors (Lipinski definition) is 2. The van der Waals surface area contributed by atoms with Gasteiger partial charge < -0.3 is 5.32 Å². The minimum atomic E-state index is -4.15. The molecule has 98 valence electrons. The van der Waals surface area contributed by atoms with Gasteiger partial charge in [-0.2, -0.15) is 14.0 Å². The summed E-state index contributed by atoms with van der Waals surface area (Å²) in [5.41, 5.74) is 0.119. The average Bonchev–Trinajstić information content (AvgIpc) is 2.30. The Morgan fingerprint density at radius 1 is 1.33 bits per heavy atom. The van der Waals surface area contributed by atoms with E-state index in [0.29, 0.717) is 0 Å². The molecule has 0 saturated heterocycles. The van der Waals surface area contributed by atoms with Crippen molar-refractivity contribution in [3.63, 3.8) is 0 Å². The third-order valence-electron chi connectivity index (χ3n) is 2.18. The Bertz CT molecular complexity index is 453. The van der Waals surface area contributed by atoms with Gasteiger partial charge in [-0.05, 0) is 12.1 Å². The number of nitrogens with one attached hydrogen (secondary N) is 1. The molecule has 1 aromatic rings. The Kier molecular flexibility index (Phi) is 4.62. The van der Waals surface area contributed by atoms with Crippen molar-refractivity contribution >= 4 is 0 Å². The summed E-state index contributed by atoms with van der Waals surface area (Å²) in [6.45, 7) is -1.57. The van der Waals surface area contributed by atoms with Crippen molar-refractivity contribution in [2.24, 2.45) is 0 Å². The molecule has 0 amide bonds. The maximum absolute atomic E-state index is 13.3. The first-order valence-electron chi connectivity index (χ1n) is 4.92. The quantitative estimate of drug-likeness (QED) is 0.830. The van der Waals surface area contributed by atoms with Crippen LogP contribution in [-0.4, -0.2) is 18.9 Å². The Morgan fingerprint density at radius 2 is 2.00 bits per heavy atom. The van der Waals surface area contributed by atoms with Crippen LogP contribution < -0.4 is 5.32 Å². The van der Waals surface area contributed by atoms with Gasteiger partial charge in [0.05, 0.1) is 18.2 Å². The van der Waals surface area contributed by atoms with Crippen molar-refractivity contribution in [2.45, 2.75) is 18.9 Å². The first kappa shape index (κ1) is 14.4. The fraction of sp³-hybridized carbons (Fsp3) is 0.364. The number of hydrogen-bond donors (Lipinski definition) is 1. The predicted molar refractivity (Wildman–Crippen MR) is 53.8 cm³/mol. The third kappa shape index (κ3) is 3.67. The Balaban J connectivity index is 2.58. The molecule has 0 saturated carbocycles. The molecule has 1 aromatic carbocycles. The summed E-state index contributed by atoms with van der Waals surface area (Å²) in [6, 6.07) is 5.21. The molecule has 0 aliphatic heterocycles. The van der Waals surface area contributed by atoms with Gasteiger partial charge in [0, 0.05) is 12.1 Å². The lowest BCUT2D eigenvalue weighted by atomic mass is 10.1. The second kappa shape index (κ2) is 5.78. The molecule has 0 radical (unpaired) electrons. The molecule has 2 nitrogen and oxygen atoms in total. The van der Waals surface area contributed by atoms with Gasteiger partial charge in [-0.25, -0.2) is 13.2 Å². The monoisotopic (exact) mass is 264 g/mol. The van der Waals surface area contributed by atoms with Crippen molar-refractivity contribution in [3.8, 4) is 6.07 Å². The summed E-state index contributed by atoms with van der Waals surface area (Å²) >= 11 is 0. The number of alkyl halides is 4. The number of benzene rings is 1. The minimum absolute atomic E-state index is 0.0269. The molecule has 1 rings (SSSR count). The molecule has 0 spiro atoms. The van der Waals surface area contributed by atoms with E-state index in [1.807, 2.05) is 5.32 Å². The van der Waals surface area contributed by atoms with Crippen molar-refractivity contribution in [1.29, 1.82) is 5.26 Å². The maximum Gasteiger partial charge on any atom is 0.319 e. The van der Waals surface area contributed by atoms with E-state index in [1.165, 1.54) is 12.1 Å². The van der Waals surface area contributed by atoms with E-state index < -0.39 is 24.7 Å². The largest absolute Gasteiger partial charge is 0.319 e. The number of rotatable bonds is 5. The topological polar surface area (TPSA) is 35.8 Å². The highest BCUT2D eigenvalue weighted by Crippen LogP contribution is 2.21. The highest BCUT2D eigenvalue weighted by Gasteiger charge is 2.39. The predicted octanol–water partition coefficient (Wildman–Crippen LogP) is 2.69. The lowest BCUT2D eigenvalue weighted by molar-refractivity contribution is -0.125. The molecule has 0 aliphatic carbocycles. The van der Waals surface area contributed by atoms with Crippen LogP contribution in [-0.2, 0) is 6.54 Å². The van der Waals surface area contributed by atoms with E-state index in [2.05, 4.69) is 0 Å². The summed E-state index contributed by atoms with van der Waals surface area (Å²) in [5.74, 6) is -4.90. The first-order valence-corrected chi connectivity index (χ1v) is 4.92. The van der Waals surface area contributed by atoms with Crippen molar-refractivity contribution in [3.05, 3.63) is 35.1 Å². The van der Waals surface area contributed by atoms with Gasteiger partial charge in [0.25, 0.3) is 0 Å². The van der Waals surface area contributed by atoms with E-state index in [-0.39, 0.29) is 17.7 Å². The van der Waals surface area contributed by atoms with Crippen LogP contribution in [0.15, 0.2) is 18.2 Å². The second-order valence-electron chi connectivity index (χ2n) is 3.58. The van der Waals surface area contributed by atoms with Crippen LogP contribution in [0, 0.1) is 17.1 Å². The zero-order chi connectivity index (χ0) is 13.8. The normalized spacial score (nSPS) is 11.6. The highest BCUT2D eigenvalue weighted by molar-refractivity contribution is 5.32. The van der Waals surface area contributed by atoms with Crippen LogP contribution >= 0.6 is 0 Å². The highest BCUT2D eigenvalue weighted by atomic mass is 19.3. The molecular weight excluding hydrogens is 255 g/mol. The molecule has 0 aliphatic rings. The van der Waals surface area contributed by atoms with Gasteiger partial charge in [-0.3, -0.25) is 0 Å². The van der Waals surface area contributed by atoms with Crippen molar-refractivity contribution in [2.75, 3.05) is 6.54 Å². The lowest BCUT2D eigenvalue weighted by Gasteiger charge is -2.15. The van der Waals surface area contributed by atoms with Crippen LogP contribution in [0.25, 0.3) is 0 Å². The zero-order valence-electron chi connectivity index (χ0n) is 9.06. The average molecular weight is 264 g/mol. The van der Waals surface area contributed by atoms with Gasteiger partial charge >= 0.3 is 12.3 Å². The van der Waals surface area contributed by atoms with E-state index in [4.69, 9.17) is 5.26 Å². The molecule has 18 heavy (non-hydrogen) atoms. The van der Waals surface area contributed by atoms with Crippen LogP contribution in [0.4, 0.5) is 22.0 Å². The van der Waals surface area contributed by atoms with Crippen LogP contribution in [0.1, 0.15) is 11.1 Å². The number of halogens is 5.